The Balaban J connectivity index is 1.41. The molecule has 0 aliphatic carbocycles. The summed E-state index contributed by atoms with van der Waals surface area (Å²) >= 11 is 4.46. The Morgan fingerprint density at radius 2 is 2.24 bits per heavy atom. The van der Waals surface area contributed by atoms with Crippen molar-refractivity contribution in [2.45, 2.75) is 25.0 Å². The summed E-state index contributed by atoms with van der Waals surface area (Å²) in [4.78, 5) is 28.8. The first-order valence-corrected chi connectivity index (χ1v) is 8.59. The van der Waals surface area contributed by atoms with Crippen LogP contribution in [-0.2, 0) is 6.54 Å². The van der Waals surface area contributed by atoms with E-state index in [9.17, 15) is 4.79 Å². The molecule has 4 rings (SSSR count). The van der Waals surface area contributed by atoms with E-state index in [-0.39, 0.29) is 11.9 Å². The van der Waals surface area contributed by atoms with E-state index in [0.29, 0.717) is 24.6 Å². The van der Waals surface area contributed by atoms with Gasteiger partial charge >= 0.3 is 0 Å². The van der Waals surface area contributed by atoms with Crippen molar-refractivity contribution in [1.82, 2.24) is 30.6 Å². The number of imidazole rings is 2. The lowest BCUT2D eigenvalue weighted by molar-refractivity contribution is 0.0937. The lowest BCUT2D eigenvalue weighted by Gasteiger charge is -2.35. The number of carbonyl (C=O) groups excluding carboxylic acids is 1. The van der Waals surface area contributed by atoms with Crippen molar-refractivity contribution in [3.05, 3.63) is 42.1 Å². The normalized spacial score (nSPS) is 18.2. The molecule has 1 aliphatic rings. The summed E-state index contributed by atoms with van der Waals surface area (Å²) in [6, 6.07) is 8.10. The number of hydrogen-bond donors (Lipinski definition) is 5. The second kappa shape index (κ2) is 6.41. The summed E-state index contributed by atoms with van der Waals surface area (Å²) in [6.07, 6.45) is 1.52. The van der Waals surface area contributed by atoms with E-state index in [0.717, 1.165) is 16.9 Å². The fourth-order valence-corrected chi connectivity index (χ4v) is 3.28. The van der Waals surface area contributed by atoms with Crippen LogP contribution in [0.4, 0.5) is 5.82 Å². The summed E-state index contributed by atoms with van der Waals surface area (Å²) in [7, 11) is 0. The van der Waals surface area contributed by atoms with Crippen LogP contribution in [0.3, 0.4) is 0 Å². The summed E-state index contributed by atoms with van der Waals surface area (Å²) < 4.78 is 0. The van der Waals surface area contributed by atoms with Crippen molar-refractivity contribution in [3.8, 4) is 0 Å². The van der Waals surface area contributed by atoms with E-state index >= 15 is 0 Å². The maximum Gasteiger partial charge on any atom is 0.273 e. The van der Waals surface area contributed by atoms with Gasteiger partial charge < -0.3 is 25.5 Å². The Morgan fingerprint density at radius 1 is 1.40 bits per heavy atom. The molecule has 1 aliphatic heterocycles. The molecule has 0 bridgehead atoms. The Hall–Kier alpha value is -2.52. The van der Waals surface area contributed by atoms with Gasteiger partial charge in [0, 0.05) is 12.6 Å². The van der Waals surface area contributed by atoms with Crippen LogP contribution in [0.2, 0.25) is 0 Å². The second-order valence-electron chi connectivity index (χ2n) is 6.08. The summed E-state index contributed by atoms with van der Waals surface area (Å²) in [5, 5.41) is 6.24. The number of amides is 1. The molecule has 25 heavy (non-hydrogen) atoms. The van der Waals surface area contributed by atoms with Crippen LogP contribution in [0, 0.1) is 0 Å². The van der Waals surface area contributed by atoms with Crippen LogP contribution in [0.1, 0.15) is 23.2 Å². The van der Waals surface area contributed by atoms with Gasteiger partial charge in [-0.1, -0.05) is 12.1 Å². The largest absolute Gasteiger partial charge is 0.341 e. The number of aromatic amines is 2. The third-order valence-corrected chi connectivity index (χ3v) is 4.61. The van der Waals surface area contributed by atoms with Gasteiger partial charge in [-0.15, -0.1) is 12.6 Å². The minimum absolute atomic E-state index is 0.141. The van der Waals surface area contributed by atoms with Gasteiger partial charge in [-0.25, -0.2) is 9.97 Å². The number of carbonyl (C=O) groups is 1. The number of H-pyrrole nitrogens is 2. The van der Waals surface area contributed by atoms with E-state index in [1.54, 1.807) is 0 Å². The molecular weight excluding hydrogens is 338 g/mol. The molecule has 1 amide bonds. The van der Waals surface area contributed by atoms with Gasteiger partial charge in [0.2, 0.25) is 0 Å². The van der Waals surface area contributed by atoms with E-state index in [4.69, 9.17) is 0 Å². The van der Waals surface area contributed by atoms with Crippen molar-refractivity contribution in [3.63, 3.8) is 0 Å². The first-order chi connectivity index (χ1) is 12.1. The number of nitrogens with zero attached hydrogens (tertiary/aromatic N) is 3. The maximum atomic E-state index is 11.9. The first kappa shape index (κ1) is 16.0. The van der Waals surface area contributed by atoms with Gasteiger partial charge in [0.25, 0.3) is 5.91 Å². The summed E-state index contributed by atoms with van der Waals surface area (Å²) in [5.41, 5.74) is 2.05. The second-order valence-corrected chi connectivity index (χ2v) is 6.57. The number of aromatic nitrogens is 4. The molecule has 2 atom stereocenters. The molecule has 130 valence electrons. The molecule has 0 saturated heterocycles. The van der Waals surface area contributed by atoms with Crippen LogP contribution in [-0.4, -0.2) is 43.9 Å². The van der Waals surface area contributed by atoms with Crippen molar-refractivity contribution in [1.29, 1.82) is 0 Å². The molecule has 3 aromatic rings. The lowest BCUT2D eigenvalue weighted by atomic mass is 10.2. The maximum absolute atomic E-state index is 11.9. The molecule has 9 heteroatoms. The molecule has 3 heterocycles. The number of hydrogen-bond acceptors (Lipinski definition) is 6. The van der Waals surface area contributed by atoms with Gasteiger partial charge in [-0.3, -0.25) is 4.79 Å². The standard InChI is InChI=1S/C16H19N7OS/c1-9(17-6-12-20-10-4-2-3-5-11(10)21-12)7-23-14-13(18-8-19-14)15(24)22-16(23)25/h2-5,8-9,16-17,25H,6-7H2,1H3,(H,18,19)(H,20,21)(H,22,24). The molecule has 2 aromatic heterocycles. The number of nitrogens with one attached hydrogen (secondary N) is 4. The van der Waals surface area contributed by atoms with E-state index in [1.165, 1.54) is 6.33 Å². The molecular formula is C16H19N7OS. The molecule has 0 fully saturated rings. The highest BCUT2D eigenvalue weighted by molar-refractivity contribution is 7.81. The highest BCUT2D eigenvalue weighted by Gasteiger charge is 2.31. The quantitative estimate of drug-likeness (QED) is 0.442. The fourth-order valence-electron chi connectivity index (χ4n) is 2.96. The van der Waals surface area contributed by atoms with E-state index in [2.05, 4.69) is 50.1 Å². The van der Waals surface area contributed by atoms with E-state index < -0.39 is 5.50 Å². The Labute approximate surface area is 149 Å². The third-order valence-electron chi connectivity index (χ3n) is 4.20. The lowest BCUT2D eigenvalue weighted by Crippen LogP contribution is -2.53. The molecule has 8 nitrogen and oxygen atoms in total. The minimum atomic E-state index is -0.404. The Kier molecular flexibility index (Phi) is 4.10. The van der Waals surface area contributed by atoms with Crippen LogP contribution in [0.25, 0.3) is 11.0 Å². The van der Waals surface area contributed by atoms with Gasteiger partial charge in [0.15, 0.2) is 5.82 Å². The van der Waals surface area contributed by atoms with E-state index in [1.807, 2.05) is 29.2 Å². The average Bonchev–Trinajstić information content (AvgIpc) is 3.23. The summed E-state index contributed by atoms with van der Waals surface area (Å²) in [5.74, 6) is 1.33. The number of thiol groups is 1. The molecule has 0 radical (unpaired) electrons. The number of anilines is 1. The summed E-state index contributed by atoms with van der Waals surface area (Å²) in [6.45, 7) is 3.35. The average molecular weight is 357 g/mol. The predicted octanol–water partition coefficient (Wildman–Crippen LogP) is 1.23. The zero-order valence-electron chi connectivity index (χ0n) is 13.7. The third kappa shape index (κ3) is 3.08. The van der Waals surface area contributed by atoms with Crippen LogP contribution < -0.4 is 15.5 Å². The predicted molar refractivity (Wildman–Crippen MR) is 98.6 cm³/mol. The topological polar surface area (TPSA) is 102 Å². The van der Waals surface area contributed by atoms with Crippen molar-refractivity contribution in [2.24, 2.45) is 0 Å². The smallest absolute Gasteiger partial charge is 0.273 e. The SMILES string of the molecule is CC(CN1c2nc[nH]c2C(=O)NC1S)NCc1nc2ccccc2[nH]1. The molecule has 0 spiro atoms. The highest BCUT2D eigenvalue weighted by atomic mass is 32.1. The molecule has 1 aromatic carbocycles. The Morgan fingerprint density at radius 3 is 3.08 bits per heavy atom. The highest BCUT2D eigenvalue weighted by Crippen LogP contribution is 2.24. The number of rotatable bonds is 5. The number of para-hydroxylation sites is 2. The number of fused-ring (bicyclic) bond motifs is 2. The van der Waals surface area contributed by atoms with Crippen LogP contribution in [0.5, 0.6) is 0 Å². The Bertz CT molecular complexity index is 872. The fraction of sp³-hybridized carbons (Fsp3) is 0.312. The van der Waals surface area contributed by atoms with Crippen LogP contribution in [0.15, 0.2) is 30.6 Å². The zero-order chi connectivity index (χ0) is 17.4. The monoisotopic (exact) mass is 357 g/mol. The van der Waals surface area contributed by atoms with Crippen molar-refractivity contribution < 1.29 is 4.79 Å². The van der Waals surface area contributed by atoms with Gasteiger partial charge in [-0.05, 0) is 19.1 Å². The first-order valence-electron chi connectivity index (χ1n) is 8.08. The van der Waals surface area contributed by atoms with Gasteiger partial charge in [0.05, 0.1) is 23.9 Å². The van der Waals surface area contributed by atoms with Crippen molar-refractivity contribution >= 4 is 35.4 Å². The van der Waals surface area contributed by atoms with Gasteiger partial charge in [-0.2, -0.15) is 0 Å². The number of benzene rings is 1. The van der Waals surface area contributed by atoms with Crippen molar-refractivity contribution in [2.75, 3.05) is 11.4 Å². The van der Waals surface area contributed by atoms with Gasteiger partial charge in [0.1, 0.15) is 17.0 Å². The molecule has 2 unspecified atom stereocenters. The minimum Gasteiger partial charge on any atom is -0.341 e. The zero-order valence-corrected chi connectivity index (χ0v) is 14.5. The molecule has 4 N–H and O–H groups in total. The van der Waals surface area contributed by atoms with Crippen LogP contribution >= 0.6 is 12.6 Å². The molecule has 0 saturated carbocycles.